The van der Waals surface area contributed by atoms with Crippen LogP contribution < -0.4 is 16.9 Å². The molecule has 0 spiro atoms. The maximum absolute atomic E-state index is 11.0. The summed E-state index contributed by atoms with van der Waals surface area (Å²) < 4.78 is 1.06. The summed E-state index contributed by atoms with van der Waals surface area (Å²) in [7, 11) is 0. The zero-order chi connectivity index (χ0) is 9.14. The molecule has 0 saturated carbocycles. The van der Waals surface area contributed by atoms with Crippen LogP contribution in [-0.4, -0.2) is 14.8 Å². The van der Waals surface area contributed by atoms with Crippen LogP contribution in [0.5, 0.6) is 0 Å². The first-order valence-corrected chi connectivity index (χ1v) is 3.59. The minimum Gasteiger partial charge on any atom is -0.392 e. The van der Waals surface area contributed by atoms with Gasteiger partial charge in [0.15, 0.2) is 0 Å². The van der Waals surface area contributed by atoms with Gasteiger partial charge < -0.3 is 5.73 Å². The van der Waals surface area contributed by atoms with Crippen LogP contribution in [0.1, 0.15) is 0 Å². The van der Waals surface area contributed by atoms with E-state index in [1.165, 1.54) is 0 Å². The van der Waals surface area contributed by atoms with Gasteiger partial charge in [0.1, 0.15) is 0 Å². The summed E-state index contributed by atoms with van der Waals surface area (Å²) in [5.41, 5.74) is 4.51. The summed E-state index contributed by atoms with van der Waals surface area (Å²) in [5.74, 6) is 0. The summed E-state index contributed by atoms with van der Waals surface area (Å²) in [6.07, 6.45) is 0. The second-order valence-electron chi connectivity index (χ2n) is 2.20. The molecule has 64 valence electrons. The van der Waals surface area contributed by atoms with E-state index in [2.05, 4.69) is 17.3 Å². The van der Waals surface area contributed by atoms with E-state index in [0.29, 0.717) is 0 Å². The lowest BCUT2D eigenvalue weighted by molar-refractivity contribution is 0.658. The second-order valence-corrected chi connectivity index (χ2v) is 2.72. The van der Waals surface area contributed by atoms with Crippen LogP contribution >= 0.6 is 12.2 Å². The molecule has 1 heterocycles. The van der Waals surface area contributed by atoms with Gasteiger partial charge in [0.2, 0.25) is 0 Å². The largest absolute Gasteiger partial charge is 0.392 e. The summed E-state index contributed by atoms with van der Waals surface area (Å²) >= 11 is 4.58. The van der Waals surface area contributed by atoms with Crippen LogP contribution in [0.25, 0.3) is 0 Å². The van der Waals surface area contributed by atoms with Crippen molar-refractivity contribution in [3.8, 4) is 0 Å². The second kappa shape index (κ2) is 3.31. The van der Waals surface area contributed by atoms with Crippen LogP contribution in [-0.2, 0) is 6.54 Å². The predicted octanol–water partition coefficient (Wildman–Crippen LogP) is -1.18. The maximum atomic E-state index is 11.0. The van der Waals surface area contributed by atoms with Gasteiger partial charge in [0.05, 0.1) is 11.5 Å². The van der Waals surface area contributed by atoms with E-state index in [4.69, 9.17) is 5.73 Å². The summed E-state index contributed by atoms with van der Waals surface area (Å²) in [4.78, 5) is 21.9. The zero-order valence-corrected chi connectivity index (χ0v) is 6.93. The number of aromatic nitrogens is 2. The molecule has 1 rings (SSSR count). The molecule has 1 aromatic rings. The Balaban J connectivity index is 3.14. The fourth-order valence-electron chi connectivity index (χ4n) is 0.736. The fraction of sp³-hybridized carbons (Fsp3) is 0.167. The molecule has 3 N–H and O–H groups in total. The van der Waals surface area contributed by atoms with Crippen LogP contribution in [0.15, 0.2) is 21.7 Å². The van der Waals surface area contributed by atoms with Crippen molar-refractivity contribution in [1.29, 1.82) is 0 Å². The van der Waals surface area contributed by atoms with Crippen LogP contribution in [0, 0.1) is 0 Å². The number of hydrogen-bond acceptors (Lipinski definition) is 3. The molecule has 0 radical (unpaired) electrons. The van der Waals surface area contributed by atoms with Crippen molar-refractivity contribution >= 4 is 17.2 Å². The van der Waals surface area contributed by atoms with E-state index in [9.17, 15) is 9.59 Å². The van der Waals surface area contributed by atoms with Crippen molar-refractivity contribution in [3.05, 3.63) is 32.8 Å². The smallest absolute Gasteiger partial charge is 0.265 e. The molecule has 5 nitrogen and oxygen atoms in total. The number of aromatic amines is 1. The lowest BCUT2D eigenvalue weighted by atomic mass is 10.5. The first kappa shape index (κ1) is 8.66. The molecule has 0 aliphatic carbocycles. The van der Waals surface area contributed by atoms with Gasteiger partial charge in [0, 0.05) is 12.1 Å². The minimum atomic E-state index is -0.356. The van der Waals surface area contributed by atoms with Gasteiger partial charge in [-0.3, -0.25) is 14.7 Å². The van der Waals surface area contributed by atoms with E-state index < -0.39 is 0 Å². The van der Waals surface area contributed by atoms with E-state index in [1.54, 1.807) is 0 Å². The maximum Gasteiger partial charge on any atom is 0.265 e. The van der Waals surface area contributed by atoms with Gasteiger partial charge in [-0.2, -0.15) is 0 Å². The highest BCUT2D eigenvalue weighted by atomic mass is 32.1. The number of H-pyrrole nitrogens is 1. The summed E-state index contributed by atoms with van der Waals surface area (Å²) in [5, 5.41) is 2.29. The molecule has 0 aromatic carbocycles. The first-order chi connectivity index (χ1) is 5.59. The lowest BCUT2D eigenvalue weighted by Crippen LogP contribution is -2.32. The Bertz CT molecular complexity index is 406. The Morgan fingerprint density at radius 2 is 2.25 bits per heavy atom. The monoisotopic (exact) mass is 185 g/mol. The third-order valence-electron chi connectivity index (χ3n) is 1.20. The normalized spacial score (nSPS) is 9.67. The number of thiocarbonyl (C=S) groups is 1. The molecule has 1 aromatic heterocycles. The zero-order valence-electron chi connectivity index (χ0n) is 6.11. The van der Waals surface area contributed by atoms with E-state index in [1.807, 2.05) is 0 Å². The Labute approximate surface area is 72.8 Å². The molecule has 0 fully saturated rings. The number of nitrogens with zero attached hydrogens (tertiary/aromatic N) is 1. The number of hydrogen-bond donors (Lipinski definition) is 2. The Morgan fingerprint density at radius 3 is 2.83 bits per heavy atom. The quantitative estimate of drug-likeness (QED) is 0.568. The van der Waals surface area contributed by atoms with Crippen molar-refractivity contribution < 1.29 is 0 Å². The van der Waals surface area contributed by atoms with Crippen molar-refractivity contribution in [2.24, 2.45) is 5.73 Å². The highest BCUT2D eigenvalue weighted by Crippen LogP contribution is 1.72. The van der Waals surface area contributed by atoms with Crippen molar-refractivity contribution in [2.75, 3.05) is 0 Å². The number of nitrogens with two attached hydrogens (primary N) is 1. The van der Waals surface area contributed by atoms with Crippen LogP contribution in [0.2, 0.25) is 0 Å². The van der Waals surface area contributed by atoms with Gasteiger partial charge >= 0.3 is 0 Å². The molecule has 0 unspecified atom stereocenters. The van der Waals surface area contributed by atoms with Gasteiger partial charge in [0.25, 0.3) is 11.1 Å². The molecule has 0 amide bonds. The average Bonchev–Trinajstić information content (AvgIpc) is 1.96. The lowest BCUT2D eigenvalue weighted by Gasteiger charge is -2.01. The molecule has 0 aliphatic rings. The Hall–Kier alpha value is -1.43. The molecule has 0 aliphatic heterocycles. The van der Waals surface area contributed by atoms with Crippen LogP contribution in [0.4, 0.5) is 0 Å². The number of nitrogens with one attached hydrogen (secondary N) is 1. The molecule has 6 heteroatoms. The Morgan fingerprint density at radius 1 is 1.58 bits per heavy atom. The predicted molar refractivity (Wildman–Crippen MR) is 48.1 cm³/mol. The third-order valence-corrected chi connectivity index (χ3v) is 1.33. The fourth-order valence-corrected chi connectivity index (χ4v) is 0.865. The topological polar surface area (TPSA) is 80.9 Å². The van der Waals surface area contributed by atoms with E-state index in [0.717, 1.165) is 16.8 Å². The molecule has 0 saturated heterocycles. The molecule has 12 heavy (non-hydrogen) atoms. The Kier molecular flexibility index (Phi) is 2.39. The molecule has 0 atom stereocenters. The highest BCUT2D eigenvalue weighted by molar-refractivity contribution is 7.80. The molecular formula is C6H7N3O2S. The van der Waals surface area contributed by atoms with Gasteiger partial charge in [-0.25, -0.2) is 4.68 Å². The summed E-state index contributed by atoms with van der Waals surface area (Å²) in [6, 6.07) is 2.31. The van der Waals surface area contributed by atoms with Crippen molar-refractivity contribution in [2.45, 2.75) is 6.54 Å². The average molecular weight is 185 g/mol. The summed E-state index contributed by atoms with van der Waals surface area (Å²) in [6.45, 7) is 0.0598. The van der Waals surface area contributed by atoms with Gasteiger partial charge in [-0.05, 0) is 0 Å². The van der Waals surface area contributed by atoms with E-state index in [-0.39, 0.29) is 22.7 Å². The SMILES string of the molecule is NC(=S)Cn1[nH]c(=O)ccc1=O. The van der Waals surface area contributed by atoms with E-state index >= 15 is 0 Å². The minimum absolute atomic E-state index is 0.0598. The van der Waals surface area contributed by atoms with Gasteiger partial charge in [-0.15, -0.1) is 0 Å². The highest BCUT2D eigenvalue weighted by Gasteiger charge is 1.96. The standard InChI is InChI=1S/C6H7N3O2S/c7-4(12)3-9-6(11)2-1-5(10)8-9/h1-2H,3H2,(H2,7,12)(H,8,10). The molecular weight excluding hydrogens is 178 g/mol. The number of rotatable bonds is 2. The van der Waals surface area contributed by atoms with Crippen molar-refractivity contribution in [3.63, 3.8) is 0 Å². The third kappa shape index (κ3) is 2.03. The van der Waals surface area contributed by atoms with Crippen molar-refractivity contribution in [1.82, 2.24) is 9.78 Å². The van der Waals surface area contributed by atoms with Crippen LogP contribution in [0.3, 0.4) is 0 Å². The first-order valence-electron chi connectivity index (χ1n) is 3.18. The van der Waals surface area contributed by atoms with Gasteiger partial charge in [-0.1, -0.05) is 12.2 Å². The molecule has 0 bridgehead atoms.